The summed E-state index contributed by atoms with van der Waals surface area (Å²) in [6.45, 7) is 2.10. The smallest absolute Gasteiger partial charge is 0.254 e. The van der Waals surface area contributed by atoms with Gasteiger partial charge in [0.25, 0.3) is 5.91 Å². The van der Waals surface area contributed by atoms with Crippen LogP contribution >= 0.6 is 0 Å². The van der Waals surface area contributed by atoms with Gasteiger partial charge in [0, 0.05) is 38.4 Å². The summed E-state index contributed by atoms with van der Waals surface area (Å²) < 4.78 is 0. The van der Waals surface area contributed by atoms with Gasteiger partial charge in [-0.05, 0) is 31.5 Å². The monoisotopic (exact) mass is 233 g/mol. The number of hydrogen-bond donors (Lipinski definition) is 1. The van der Waals surface area contributed by atoms with Crippen molar-refractivity contribution in [3.05, 3.63) is 29.6 Å². The van der Waals surface area contributed by atoms with E-state index in [1.54, 1.807) is 25.2 Å². The summed E-state index contributed by atoms with van der Waals surface area (Å²) in [5.74, 6) is 0.498. The number of pyridine rings is 1. The first-order valence-electron chi connectivity index (χ1n) is 6.07. The zero-order valence-electron chi connectivity index (χ0n) is 10.4. The molecular formula is C13H19N3O. The molecule has 0 bridgehead atoms. The van der Waals surface area contributed by atoms with Gasteiger partial charge in [0.15, 0.2) is 0 Å². The average Bonchev–Trinajstić information content (AvgIpc) is 2.39. The van der Waals surface area contributed by atoms with E-state index in [2.05, 4.69) is 10.3 Å². The van der Waals surface area contributed by atoms with Crippen molar-refractivity contribution < 1.29 is 4.79 Å². The zero-order valence-corrected chi connectivity index (χ0v) is 10.4. The van der Waals surface area contributed by atoms with E-state index in [9.17, 15) is 4.79 Å². The van der Waals surface area contributed by atoms with Crippen molar-refractivity contribution in [1.29, 1.82) is 0 Å². The van der Waals surface area contributed by atoms with Crippen LogP contribution in [0.15, 0.2) is 18.3 Å². The third kappa shape index (κ3) is 2.82. The van der Waals surface area contributed by atoms with Gasteiger partial charge in [-0.2, -0.15) is 0 Å². The van der Waals surface area contributed by atoms with Gasteiger partial charge in [0.2, 0.25) is 0 Å². The second kappa shape index (κ2) is 5.27. The van der Waals surface area contributed by atoms with Crippen molar-refractivity contribution in [2.45, 2.75) is 18.8 Å². The van der Waals surface area contributed by atoms with Crippen LogP contribution in [-0.4, -0.2) is 43.0 Å². The lowest BCUT2D eigenvalue weighted by molar-refractivity contribution is 0.0827. The predicted octanol–water partition coefficient (Wildman–Crippen LogP) is 1.25. The molecular weight excluding hydrogens is 214 g/mol. The second-order valence-electron chi connectivity index (χ2n) is 4.71. The molecule has 1 aliphatic heterocycles. The highest BCUT2D eigenvalue weighted by Crippen LogP contribution is 2.21. The first kappa shape index (κ1) is 12.0. The van der Waals surface area contributed by atoms with Gasteiger partial charge in [0.05, 0.1) is 5.56 Å². The van der Waals surface area contributed by atoms with Crippen LogP contribution in [0.1, 0.15) is 34.8 Å². The lowest BCUT2D eigenvalue weighted by Crippen LogP contribution is -2.29. The molecule has 0 aliphatic carbocycles. The largest absolute Gasteiger partial charge is 0.345 e. The van der Waals surface area contributed by atoms with Gasteiger partial charge >= 0.3 is 0 Å². The minimum atomic E-state index is 0.00539. The summed E-state index contributed by atoms with van der Waals surface area (Å²) in [5, 5.41) is 3.37. The Labute approximate surface area is 102 Å². The van der Waals surface area contributed by atoms with Crippen molar-refractivity contribution in [3.63, 3.8) is 0 Å². The summed E-state index contributed by atoms with van der Waals surface area (Å²) >= 11 is 0. The summed E-state index contributed by atoms with van der Waals surface area (Å²) in [5.41, 5.74) is 1.75. The summed E-state index contributed by atoms with van der Waals surface area (Å²) in [7, 11) is 3.50. The highest BCUT2D eigenvalue weighted by Gasteiger charge is 2.17. The molecule has 0 unspecified atom stereocenters. The van der Waals surface area contributed by atoms with Crippen LogP contribution in [0.2, 0.25) is 0 Å². The maximum Gasteiger partial charge on any atom is 0.254 e. The number of carbonyl (C=O) groups is 1. The first-order valence-corrected chi connectivity index (χ1v) is 6.07. The Morgan fingerprint density at radius 2 is 2.29 bits per heavy atom. The topological polar surface area (TPSA) is 45.2 Å². The summed E-state index contributed by atoms with van der Waals surface area (Å²) in [6, 6.07) is 3.85. The fraction of sp³-hybridized carbons (Fsp3) is 0.538. The van der Waals surface area contributed by atoms with E-state index in [1.165, 1.54) is 12.8 Å². The van der Waals surface area contributed by atoms with E-state index in [1.807, 2.05) is 12.1 Å². The minimum Gasteiger partial charge on any atom is -0.345 e. The predicted molar refractivity (Wildman–Crippen MR) is 67.1 cm³/mol. The highest BCUT2D eigenvalue weighted by atomic mass is 16.2. The van der Waals surface area contributed by atoms with Crippen LogP contribution in [0.25, 0.3) is 0 Å². The van der Waals surface area contributed by atoms with Gasteiger partial charge in [-0.3, -0.25) is 9.78 Å². The number of hydrogen-bond acceptors (Lipinski definition) is 3. The lowest BCUT2D eigenvalue weighted by Gasteiger charge is -2.22. The number of aromatic nitrogens is 1. The molecule has 1 fully saturated rings. The molecule has 0 spiro atoms. The molecule has 2 heterocycles. The van der Waals surface area contributed by atoms with E-state index in [0.29, 0.717) is 11.5 Å². The molecule has 1 atom stereocenters. The molecule has 0 aromatic carbocycles. The van der Waals surface area contributed by atoms with Crippen molar-refractivity contribution >= 4 is 5.91 Å². The number of nitrogens with zero attached hydrogens (tertiary/aromatic N) is 2. The average molecular weight is 233 g/mol. The third-order valence-corrected chi connectivity index (χ3v) is 3.15. The van der Waals surface area contributed by atoms with Crippen molar-refractivity contribution in [1.82, 2.24) is 15.2 Å². The van der Waals surface area contributed by atoms with Crippen LogP contribution in [0.3, 0.4) is 0 Å². The molecule has 2 rings (SSSR count). The van der Waals surface area contributed by atoms with E-state index < -0.39 is 0 Å². The minimum absolute atomic E-state index is 0.00539. The summed E-state index contributed by atoms with van der Waals surface area (Å²) in [4.78, 5) is 17.7. The maximum atomic E-state index is 11.7. The van der Waals surface area contributed by atoms with Gasteiger partial charge in [-0.1, -0.05) is 0 Å². The maximum absolute atomic E-state index is 11.7. The zero-order chi connectivity index (χ0) is 12.3. The third-order valence-electron chi connectivity index (χ3n) is 3.15. The molecule has 1 N–H and O–H groups in total. The molecule has 17 heavy (non-hydrogen) atoms. The SMILES string of the molecule is CN(C)C(=O)c1ccc([C@@H]2CCCNC2)nc1. The quantitative estimate of drug-likeness (QED) is 0.836. The van der Waals surface area contributed by atoms with Crippen LogP contribution < -0.4 is 5.32 Å². The Hall–Kier alpha value is -1.42. The van der Waals surface area contributed by atoms with Crippen LogP contribution in [0, 0.1) is 0 Å². The van der Waals surface area contributed by atoms with E-state index >= 15 is 0 Å². The van der Waals surface area contributed by atoms with Crippen molar-refractivity contribution in [2.24, 2.45) is 0 Å². The molecule has 1 amide bonds. The molecule has 1 saturated heterocycles. The molecule has 1 aliphatic rings. The Morgan fingerprint density at radius 1 is 1.47 bits per heavy atom. The van der Waals surface area contributed by atoms with E-state index in [-0.39, 0.29) is 5.91 Å². The normalized spacial score (nSPS) is 20.0. The Kier molecular flexibility index (Phi) is 3.74. The van der Waals surface area contributed by atoms with Crippen LogP contribution in [-0.2, 0) is 0 Å². The highest BCUT2D eigenvalue weighted by molar-refractivity contribution is 5.93. The van der Waals surface area contributed by atoms with Crippen molar-refractivity contribution in [3.8, 4) is 0 Å². The fourth-order valence-electron chi connectivity index (χ4n) is 2.14. The van der Waals surface area contributed by atoms with Gasteiger partial charge in [0.1, 0.15) is 0 Å². The molecule has 1 aromatic heterocycles. The number of piperidine rings is 1. The fourth-order valence-corrected chi connectivity index (χ4v) is 2.14. The van der Waals surface area contributed by atoms with Gasteiger partial charge in [-0.15, -0.1) is 0 Å². The number of rotatable bonds is 2. The van der Waals surface area contributed by atoms with Crippen molar-refractivity contribution in [2.75, 3.05) is 27.2 Å². The Balaban J connectivity index is 2.09. The molecule has 4 heteroatoms. The molecule has 1 aromatic rings. The number of carbonyl (C=O) groups excluding carboxylic acids is 1. The van der Waals surface area contributed by atoms with E-state index in [4.69, 9.17) is 0 Å². The first-order chi connectivity index (χ1) is 8.18. The number of amides is 1. The van der Waals surface area contributed by atoms with Gasteiger partial charge < -0.3 is 10.2 Å². The Morgan fingerprint density at radius 3 is 2.82 bits per heavy atom. The number of nitrogens with one attached hydrogen (secondary N) is 1. The standard InChI is InChI=1S/C13H19N3O/c1-16(2)13(17)11-5-6-12(15-9-11)10-4-3-7-14-8-10/h5-6,9-10,14H,3-4,7-8H2,1-2H3/t10-/m1/s1. The van der Waals surface area contributed by atoms with Crippen LogP contribution in [0.4, 0.5) is 0 Å². The van der Waals surface area contributed by atoms with E-state index in [0.717, 1.165) is 18.8 Å². The lowest BCUT2D eigenvalue weighted by atomic mass is 9.95. The molecule has 4 nitrogen and oxygen atoms in total. The Bertz CT molecular complexity index is 380. The molecule has 0 saturated carbocycles. The van der Waals surface area contributed by atoms with Crippen LogP contribution in [0.5, 0.6) is 0 Å². The molecule has 92 valence electrons. The summed E-state index contributed by atoms with van der Waals surface area (Å²) in [6.07, 6.45) is 4.07. The second-order valence-corrected chi connectivity index (χ2v) is 4.71. The molecule has 0 radical (unpaired) electrons. The van der Waals surface area contributed by atoms with Gasteiger partial charge in [-0.25, -0.2) is 0 Å².